The van der Waals surface area contributed by atoms with Gasteiger partial charge in [-0.05, 0) is 45.8 Å². The fourth-order valence-corrected chi connectivity index (χ4v) is 1.82. The number of anilines is 1. The third kappa shape index (κ3) is 2.97. The van der Waals surface area contributed by atoms with E-state index in [0.717, 1.165) is 21.9 Å². The van der Waals surface area contributed by atoms with Crippen LogP contribution in [0.1, 0.15) is 5.56 Å². The van der Waals surface area contributed by atoms with Crippen LogP contribution < -0.4 is 5.32 Å². The van der Waals surface area contributed by atoms with Gasteiger partial charge in [0.05, 0.1) is 4.47 Å². The molecule has 1 N–H and O–H groups in total. The maximum Gasteiger partial charge on any atom is 0.140 e. The number of nitrogens with zero attached hydrogens (tertiary/aromatic N) is 1. The van der Waals surface area contributed by atoms with Crippen LogP contribution in [-0.4, -0.2) is 4.98 Å². The Morgan fingerprint density at radius 2 is 1.94 bits per heavy atom. The van der Waals surface area contributed by atoms with Gasteiger partial charge in [0.25, 0.3) is 0 Å². The lowest BCUT2D eigenvalue weighted by molar-refractivity contribution is 1.11. The van der Waals surface area contributed by atoms with Gasteiger partial charge in [0, 0.05) is 17.8 Å². The zero-order valence-electron chi connectivity index (χ0n) is 8.45. The summed E-state index contributed by atoms with van der Waals surface area (Å²) in [5, 5.41) is 4.00. The van der Waals surface area contributed by atoms with E-state index < -0.39 is 0 Å². The molecule has 0 amide bonds. The summed E-state index contributed by atoms with van der Waals surface area (Å²) in [4.78, 5) is 4.23. The van der Waals surface area contributed by atoms with Crippen molar-refractivity contribution in [2.24, 2.45) is 0 Å². The second-order valence-corrected chi connectivity index (χ2v) is 4.60. The largest absolute Gasteiger partial charge is 0.365 e. The number of halogens is 2. The molecule has 2 rings (SSSR count). The van der Waals surface area contributed by atoms with E-state index in [9.17, 15) is 0 Å². The Balaban J connectivity index is 2.02. The van der Waals surface area contributed by atoms with Crippen molar-refractivity contribution in [2.75, 3.05) is 5.32 Å². The van der Waals surface area contributed by atoms with Crippen molar-refractivity contribution >= 4 is 33.3 Å². The van der Waals surface area contributed by atoms with E-state index >= 15 is 0 Å². The highest BCUT2D eigenvalue weighted by atomic mass is 79.9. The van der Waals surface area contributed by atoms with Gasteiger partial charge in [0.15, 0.2) is 0 Å². The van der Waals surface area contributed by atoms with Crippen LogP contribution in [0.5, 0.6) is 0 Å². The lowest BCUT2D eigenvalue weighted by atomic mass is 10.2. The SMILES string of the molecule is Clc1ccc(CNc2ncccc2Br)cc1. The summed E-state index contributed by atoms with van der Waals surface area (Å²) in [5.41, 5.74) is 1.17. The van der Waals surface area contributed by atoms with Gasteiger partial charge in [-0.3, -0.25) is 0 Å². The number of nitrogens with one attached hydrogen (secondary N) is 1. The highest BCUT2D eigenvalue weighted by Crippen LogP contribution is 2.19. The lowest BCUT2D eigenvalue weighted by Gasteiger charge is -2.07. The van der Waals surface area contributed by atoms with Gasteiger partial charge in [-0.1, -0.05) is 23.7 Å². The number of benzene rings is 1. The number of aromatic nitrogens is 1. The van der Waals surface area contributed by atoms with E-state index in [0.29, 0.717) is 0 Å². The first-order valence-electron chi connectivity index (χ1n) is 4.84. The molecule has 0 aliphatic heterocycles. The molecule has 0 bridgehead atoms. The average Bonchev–Trinajstić information content (AvgIpc) is 2.30. The quantitative estimate of drug-likeness (QED) is 0.922. The van der Waals surface area contributed by atoms with Crippen LogP contribution in [0, 0.1) is 0 Å². The van der Waals surface area contributed by atoms with Crippen molar-refractivity contribution in [3.8, 4) is 0 Å². The Morgan fingerprint density at radius 3 is 2.62 bits per heavy atom. The molecule has 4 heteroatoms. The summed E-state index contributed by atoms with van der Waals surface area (Å²) in [5.74, 6) is 0.845. The zero-order valence-corrected chi connectivity index (χ0v) is 10.8. The van der Waals surface area contributed by atoms with Gasteiger partial charge in [0.1, 0.15) is 5.82 Å². The standard InChI is InChI=1S/C12H10BrClN2/c13-11-2-1-7-15-12(11)16-8-9-3-5-10(14)6-4-9/h1-7H,8H2,(H,15,16). The summed E-state index contributed by atoms with van der Waals surface area (Å²) in [6, 6.07) is 11.6. The number of rotatable bonds is 3. The van der Waals surface area contributed by atoms with Crippen LogP contribution in [0.15, 0.2) is 47.1 Å². The molecular weight excluding hydrogens is 288 g/mol. The molecule has 0 saturated carbocycles. The van der Waals surface area contributed by atoms with Crippen LogP contribution in [0.2, 0.25) is 5.02 Å². The van der Waals surface area contributed by atoms with Gasteiger partial charge < -0.3 is 5.32 Å². The lowest BCUT2D eigenvalue weighted by Crippen LogP contribution is -2.01. The molecule has 1 aromatic heterocycles. The van der Waals surface area contributed by atoms with Gasteiger partial charge >= 0.3 is 0 Å². The molecule has 82 valence electrons. The van der Waals surface area contributed by atoms with Gasteiger partial charge in [0.2, 0.25) is 0 Å². The Hall–Kier alpha value is -1.06. The van der Waals surface area contributed by atoms with E-state index in [2.05, 4.69) is 26.2 Å². The fraction of sp³-hybridized carbons (Fsp3) is 0.0833. The van der Waals surface area contributed by atoms with E-state index in [1.54, 1.807) is 6.20 Å². The number of pyridine rings is 1. The molecule has 1 heterocycles. The molecule has 1 aromatic carbocycles. The van der Waals surface area contributed by atoms with Gasteiger partial charge in [-0.2, -0.15) is 0 Å². The maximum absolute atomic E-state index is 5.81. The van der Waals surface area contributed by atoms with Crippen LogP contribution in [0.25, 0.3) is 0 Å². The Morgan fingerprint density at radius 1 is 1.19 bits per heavy atom. The fourth-order valence-electron chi connectivity index (χ4n) is 1.30. The van der Waals surface area contributed by atoms with Crippen LogP contribution >= 0.6 is 27.5 Å². The van der Waals surface area contributed by atoms with Crippen LogP contribution in [-0.2, 0) is 6.54 Å². The van der Waals surface area contributed by atoms with Crippen LogP contribution in [0.3, 0.4) is 0 Å². The first-order valence-corrected chi connectivity index (χ1v) is 6.01. The molecule has 0 radical (unpaired) electrons. The van der Waals surface area contributed by atoms with E-state index in [4.69, 9.17) is 11.6 Å². The highest BCUT2D eigenvalue weighted by molar-refractivity contribution is 9.10. The van der Waals surface area contributed by atoms with Crippen molar-refractivity contribution in [3.05, 3.63) is 57.7 Å². The highest BCUT2D eigenvalue weighted by Gasteiger charge is 1.99. The summed E-state index contributed by atoms with van der Waals surface area (Å²) in [6.45, 7) is 0.729. The van der Waals surface area contributed by atoms with Gasteiger partial charge in [-0.15, -0.1) is 0 Å². The molecule has 0 spiro atoms. The summed E-state index contributed by atoms with van der Waals surface area (Å²) in [7, 11) is 0. The molecule has 0 saturated heterocycles. The van der Waals surface area contributed by atoms with Crippen molar-refractivity contribution in [1.29, 1.82) is 0 Å². The summed E-state index contributed by atoms with van der Waals surface area (Å²) >= 11 is 9.25. The first-order chi connectivity index (χ1) is 7.75. The molecule has 2 aromatic rings. The maximum atomic E-state index is 5.81. The molecule has 16 heavy (non-hydrogen) atoms. The Labute approximate surface area is 108 Å². The van der Waals surface area contributed by atoms with E-state index in [1.165, 1.54) is 5.56 Å². The summed E-state index contributed by atoms with van der Waals surface area (Å²) < 4.78 is 0.962. The minimum atomic E-state index is 0.729. The van der Waals surface area contributed by atoms with Crippen molar-refractivity contribution in [3.63, 3.8) is 0 Å². The minimum Gasteiger partial charge on any atom is -0.365 e. The van der Waals surface area contributed by atoms with Crippen molar-refractivity contribution in [1.82, 2.24) is 4.98 Å². The molecular formula is C12H10BrClN2. The normalized spacial score (nSPS) is 10.1. The predicted octanol–water partition coefficient (Wildman–Crippen LogP) is 4.11. The second-order valence-electron chi connectivity index (χ2n) is 3.31. The van der Waals surface area contributed by atoms with Crippen molar-refractivity contribution < 1.29 is 0 Å². The number of hydrogen-bond donors (Lipinski definition) is 1. The third-order valence-electron chi connectivity index (χ3n) is 2.13. The summed E-state index contributed by atoms with van der Waals surface area (Å²) in [6.07, 6.45) is 1.76. The second kappa shape index (κ2) is 5.32. The first kappa shape index (κ1) is 11.4. The molecule has 0 fully saturated rings. The smallest absolute Gasteiger partial charge is 0.140 e. The van der Waals surface area contributed by atoms with Crippen molar-refractivity contribution in [2.45, 2.75) is 6.54 Å². The predicted molar refractivity (Wildman–Crippen MR) is 70.7 cm³/mol. The topological polar surface area (TPSA) is 24.9 Å². The molecule has 0 aliphatic carbocycles. The monoisotopic (exact) mass is 296 g/mol. The third-order valence-corrected chi connectivity index (χ3v) is 3.02. The van der Waals surface area contributed by atoms with E-state index in [1.807, 2.05) is 36.4 Å². The Bertz CT molecular complexity index is 471. The molecule has 0 atom stereocenters. The molecule has 2 nitrogen and oxygen atoms in total. The van der Waals surface area contributed by atoms with Gasteiger partial charge in [-0.25, -0.2) is 4.98 Å². The van der Waals surface area contributed by atoms with Crippen LogP contribution in [0.4, 0.5) is 5.82 Å². The Kier molecular flexibility index (Phi) is 3.80. The molecule has 0 aliphatic rings. The molecule has 0 unspecified atom stereocenters. The average molecular weight is 298 g/mol. The zero-order chi connectivity index (χ0) is 11.4. The minimum absolute atomic E-state index is 0.729. The number of hydrogen-bond acceptors (Lipinski definition) is 2. The van der Waals surface area contributed by atoms with E-state index in [-0.39, 0.29) is 0 Å².